The van der Waals surface area contributed by atoms with Crippen LogP contribution >= 0.6 is 15.9 Å². The third kappa shape index (κ3) is 2.20. The zero-order valence-electron chi connectivity index (χ0n) is 10.2. The molecule has 1 aromatic rings. The number of hydrogen-bond acceptors (Lipinski definition) is 0. The van der Waals surface area contributed by atoms with Gasteiger partial charge in [0.2, 0.25) is 0 Å². The predicted molar refractivity (Wildman–Crippen MR) is 74.9 cm³/mol. The Hall–Kier alpha value is -0.630. The molecule has 0 amide bonds. The van der Waals surface area contributed by atoms with Gasteiger partial charge in [0.05, 0.1) is 5.56 Å². The van der Waals surface area contributed by atoms with Crippen molar-refractivity contribution in [2.45, 2.75) is 44.6 Å². The molecule has 1 atom stereocenters. The molecule has 1 nitrogen and oxygen atoms in total. The van der Waals surface area contributed by atoms with Crippen molar-refractivity contribution in [3.8, 4) is 0 Å². The van der Waals surface area contributed by atoms with Crippen molar-refractivity contribution in [3.05, 3.63) is 34.3 Å². The van der Waals surface area contributed by atoms with Crippen LogP contribution in [-0.4, -0.2) is 22.9 Å². The van der Waals surface area contributed by atoms with Gasteiger partial charge in [0.15, 0.2) is 11.8 Å². The van der Waals surface area contributed by atoms with Crippen LogP contribution < -0.4 is 0 Å². The second-order valence-electron chi connectivity index (χ2n) is 5.16. The molecule has 0 spiro atoms. The summed E-state index contributed by atoms with van der Waals surface area (Å²) in [6.07, 6.45) is 8.19. The van der Waals surface area contributed by atoms with E-state index in [2.05, 4.69) is 44.8 Å². The molecule has 2 aliphatic rings. The number of fused-ring (bicyclic) bond motifs is 1. The lowest BCUT2D eigenvalue weighted by Gasteiger charge is -2.27. The van der Waals surface area contributed by atoms with Crippen molar-refractivity contribution in [1.29, 1.82) is 0 Å². The van der Waals surface area contributed by atoms with Gasteiger partial charge in [-0.05, 0) is 40.9 Å². The maximum atomic E-state index is 3.70. The van der Waals surface area contributed by atoms with Gasteiger partial charge in [-0.15, -0.1) is 0 Å². The molecule has 1 aromatic carbocycles. The summed E-state index contributed by atoms with van der Waals surface area (Å²) >= 11 is 3.70. The second-order valence-corrected chi connectivity index (χ2v) is 6.02. The Bertz CT molecular complexity index is 450. The smallest absolute Gasteiger partial charge is 0.184 e. The summed E-state index contributed by atoms with van der Waals surface area (Å²) in [5, 5.41) is 0. The highest BCUT2D eigenvalue weighted by Gasteiger charge is 2.33. The minimum absolute atomic E-state index is 0.819. The van der Waals surface area contributed by atoms with E-state index in [1.807, 2.05) is 0 Å². The van der Waals surface area contributed by atoms with Gasteiger partial charge in [0.25, 0.3) is 0 Å². The maximum absolute atomic E-state index is 3.70. The van der Waals surface area contributed by atoms with Gasteiger partial charge >= 0.3 is 0 Å². The van der Waals surface area contributed by atoms with Crippen molar-refractivity contribution in [1.82, 2.24) is 0 Å². The Kier molecular flexibility index (Phi) is 3.32. The molecule has 1 fully saturated rings. The van der Waals surface area contributed by atoms with Gasteiger partial charge < -0.3 is 0 Å². The summed E-state index contributed by atoms with van der Waals surface area (Å²) in [7, 11) is 0. The Morgan fingerprint density at radius 1 is 1.06 bits per heavy atom. The van der Waals surface area contributed by atoms with Crippen LogP contribution in [0.1, 0.15) is 44.1 Å². The predicted octanol–water partition coefficient (Wildman–Crippen LogP) is 3.99. The van der Waals surface area contributed by atoms with Crippen molar-refractivity contribution < 1.29 is 4.58 Å². The van der Waals surface area contributed by atoms with Crippen LogP contribution in [0, 0.1) is 0 Å². The number of nitrogens with zero attached hydrogens (tertiary/aromatic N) is 1. The topological polar surface area (TPSA) is 3.01 Å². The molecule has 0 bridgehead atoms. The van der Waals surface area contributed by atoms with Crippen LogP contribution in [0.5, 0.6) is 0 Å². The molecule has 1 saturated heterocycles. The first-order valence-corrected chi connectivity index (χ1v) is 7.53. The minimum Gasteiger partial charge on any atom is -0.230 e. The van der Waals surface area contributed by atoms with Crippen LogP contribution in [-0.2, 0) is 0 Å². The monoisotopic (exact) mass is 292 g/mol. The van der Waals surface area contributed by atoms with E-state index in [1.165, 1.54) is 55.1 Å². The maximum Gasteiger partial charge on any atom is 0.184 e. The number of halogens is 1. The lowest BCUT2D eigenvalue weighted by Crippen LogP contribution is -2.39. The van der Waals surface area contributed by atoms with E-state index in [1.54, 1.807) is 5.71 Å². The fraction of sp³-hybridized carbons (Fsp3) is 0.533. The highest BCUT2D eigenvalue weighted by molar-refractivity contribution is 9.10. The lowest BCUT2D eigenvalue weighted by atomic mass is 9.91. The molecule has 0 aromatic heterocycles. The molecule has 2 heterocycles. The summed E-state index contributed by atoms with van der Waals surface area (Å²) < 4.78 is 3.94. The van der Waals surface area contributed by atoms with E-state index in [4.69, 9.17) is 0 Å². The van der Waals surface area contributed by atoms with Gasteiger partial charge in [0, 0.05) is 30.2 Å². The summed E-state index contributed by atoms with van der Waals surface area (Å²) in [5.41, 5.74) is 2.99. The Morgan fingerprint density at radius 3 is 2.76 bits per heavy atom. The van der Waals surface area contributed by atoms with E-state index in [0.717, 1.165) is 6.04 Å². The molecule has 0 radical (unpaired) electrons. The van der Waals surface area contributed by atoms with Crippen LogP contribution in [0.4, 0.5) is 0 Å². The van der Waals surface area contributed by atoms with E-state index >= 15 is 0 Å². The molecule has 17 heavy (non-hydrogen) atoms. The third-order valence-corrected chi connectivity index (χ3v) is 4.80. The third-order valence-electron chi connectivity index (χ3n) is 4.11. The van der Waals surface area contributed by atoms with Crippen LogP contribution in [0.15, 0.2) is 28.7 Å². The van der Waals surface area contributed by atoms with Gasteiger partial charge in [-0.1, -0.05) is 12.1 Å². The largest absolute Gasteiger partial charge is 0.230 e. The summed E-state index contributed by atoms with van der Waals surface area (Å²) in [5.74, 6) is 0. The van der Waals surface area contributed by atoms with Gasteiger partial charge in [-0.2, -0.15) is 0 Å². The van der Waals surface area contributed by atoms with Crippen molar-refractivity contribution in [3.63, 3.8) is 0 Å². The number of hydrogen-bond donors (Lipinski definition) is 0. The number of piperidine rings is 1. The van der Waals surface area contributed by atoms with Gasteiger partial charge in [-0.25, -0.2) is 4.58 Å². The normalized spacial score (nSPS) is 24.6. The molecular weight excluding hydrogens is 274 g/mol. The zero-order chi connectivity index (χ0) is 11.7. The SMILES string of the molecule is Brc1ccccc1C1=[N+]2CCCCC2CCC1. The van der Waals surface area contributed by atoms with Crippen LogP contribution in [0.2, 0.25) is 0 Å². The van der Waals surface area contributed by atoms with Crippen molar-refractivity contribution >= 4 is 21.6 Å². The Labute approximate surface area is 112 Å². The molecular formula is C15H19BrN+. The fourth-order valence-electron chi connectivity index (χ4n) is 3.29. The molecule has 1 unspecified atom stereocenters. The first kappa shape index (κ1) is 11.5. The van der Waals surface area contributed by atoms with Crippen LogP contribution in [0.25, 0.3) is 0 Å². The van der Waals surface area contributed by atoms with Gasteiger partial charge in [0.1, 0.15) is 6.54 Å². The molecule has 2 aliphatic heterocycles. The molecule has 90 valence electrons. The summed E-state index contributed by atoms with van der Waals surface area (Å²) in [6.45, 7) is 1.27. The summed E-state index contributed by atoms with van der Waals surface area (Å²) in [6, 6.07) is 9.50. The van der Waals surface area contributed by atoms with E-state index < -0.39 is 0 Å². The first-order valence-electron chi connectivity index (χ1n) is 6.73. The van der Waals surface area contributed by atoms with E-state index in [0.29, 0.717) is 0 Å². The molecule has 3 rings (SSSR count). The second kappa shape index (κ2) is 4.93. The number of benzene rings is 1. The minimum atomic E-state index is 0.819. The molecule has 2 heteroatoms. The first-order chi connectivity index (χ1) is 8.36. The fourth-order valence-corrected chi connectivity index (χ4v) is 3.80. The molecule has 0 saturated carbocycles. The van der Waals surface area contributed by atoms with Crippen LogP contribution in [0.3, 0.4) is 0 Å². The van der Waals surface area contributed by atoms with E-state index in [9.17, 15) is 0 Å². The molecule has 0 aliphatic carbocycles. The zero-order valence-corrected chi connectivity index (χ0v) is 11.7. The van der Waals surface area contributed by atoms with E-state index in [-0.39, 0.29) is 0 Å². The average Bonchev–Trinajstić information content (AvgIpc) is 2.39. The molecule has 0 N–H and O–H groups in total. The lowest BCUT2D eigenvalue weighted by molar-refractivity contribution is -0.581. The Balaban J connectivity index is 2.05. The van der Waals surface area contributed by atoms with Crippen molar-refractivity contribution in [2.24, 2.45) is 0 Å². The Morgan fingerprint density at radius 2 is 1.88 bits per heavy atom. The highest BCUT2D eigenvalue weighted by atomic mass is 79.9. The number of rotatable bonds is 1. The standard InChI is InChI=1S/C15H19BrN/c16-14-9-2-1-8-13(14)15-10-5-7-12-6-3-4-11-17(12)15/h1-2,8-9,12H,3-7,10-11H2/q+1. The quantitative estimate of drug-likeness (QED) is 0.689. The highest BCUT2D eigenvalue weighted by Crippen LogP contribution is 2.27. The van der Waals surface area contributed by atoms with Crippen molar-refractivity contribution in [2.75, 3.05) is 6.54 Å². The average molecular weight is 293 g/mol. The van der Waals surface area contributed by atoms with Gasteiger partial charge in [-0.3, -0.25) is 0 Å². The summed E-state index contributed by atoms with van der Waals surface area (Å²) in [4.78, 5) is 0.